The average Bonchev–Trinajstić information content (AvgIpc) is 2.96. The Morgan fingerprint density at radius 3 is 2.52 bits per heavy atom. The van der Waals surface area contributed by atoms with Crippen LogP contribution in [0, 0.1) is 0 Å². The number of amides is 1. The molecule has 0 aromatic carbocycles. The standard InChI is InChI=1S/C20H31N3O5Si/c1-20(2,3)28-19(25)22-16-15(18(24)26-4)12-14-8-9-23(17(14)21-16)13-27-10-11-29(5,6)7/h8-9,12H,10-11,13H2,1-7H3,(H,21,22,25). The van der Waals surface area contributed by atoms with Gasteiger partial charge < -0.3 is 18.8 Å². The van der Waals surface area contributed by atoms with E-state index in [1.165, 1.54) is 7.11 Å². The fourth-order valence-electron chi connectivity index (χ4n) is 2.52. The average molecular weight is 422 g/mol. The van der Waals surface area contributed by atoms with Crippen molar-refractivity contribution in [3.63, 3.8) is 0 Å². The van der Waals surface area contributed by atoms with E-state index in [9.17, 15) is 9.59 Å². The Morgan fingerprint density at radius 2 is 1.93 bits per heavy atom. The minimum absolute atomic E-state index is 0.0839. The molecule has 2 heterocycles. The summed E-state index contributed by atoms with van der Waals surface area (Å²) in [6, 6.07) is 4.55. The highest BCUT2D eigenvalue weighted by Gasteiger charge is 2.22. The van der Waals surface area contributed by atoms with Crippen LogP contribution >= 0.6 is 0 Å². The lowest BCUT2D eigenvalue weighted by Gasteiger charge is -2.20. The quantitative estimate of drug-likeness (QED) is 0.402. The zero-order valence-corrected chi connectivity index (χ0v) is 19.3. The molecule has 0 fully saturated rings. The predicted molar refractivity (Wildman–Crippen MR) is 115 cm³/mol. The number of nitrogens with one attached hydrogen (secondary N) is 1. The van der Waals surface area contributed by atoms with Crippen LogP contribution in [0.5, 0.6) is 0 Å². The van der Waals surface area contributed by atoms with Crippen LogP contribution < -0.4 is 5.32 Å². The summed E-state index contributed by atoms with van der Waals surface area (Å²) >= 11 is 0. The van der Waals surface area contributed by atoms with Crippen molar-refractivity contribution < 1.29 is 23.8 Å². The molecule has 0 aliphatic rings. The lowest BCUT2D eigenvalue weighted by atomic mass is 10.2. The number of esters is 1. The maximum atomic E-state index is 12.2. The molecule has 0 atom stereocenters. The van der Waals surface area contributed by atoms with Crippen molar-refractivity contribution in [3.05, 3.63) is 23.9 Å². The summed E-state index contributed by atoms with van der Waals surface area (Å²) in [5, 5.41) is 3.30. The lowest BCUT2D eigenvalue weighted by Crippen LogP contribution is -2.28. The number of carbonyl (C=O) groups is 2. The van der Waals surface area contributed by atoms with Crippen LogP contribution in [0.25, 0.3) is 11.0 Å². The van der Waals surface area contributed by atoms with E-state index in [1.807, 2.05) is 16.8 Å². The Bertz CT molecular complexity index is 881. The second-order valence-corrected chi connectivity index (χ2v) is 14.7. The third kappa shape index (κ3) is 6.86. The minimum atomic E-state index is -1.17. The first-order valence-corrected chi connectivity index (χ1v) is 13.3. The molecule has 0 spiro atoms. The van der Waals surface area contributed by atoms with Crippen LogP contribution in [0.2, 0.25) is 25.7 Å². The van der Waals surface area contributed by atoms with Crippen molar-refractivity contribution in [2.75, 3.05) is 19.0 Å². The summed E-state index contributed by atoms with van der Waals surface area (Å²) in [6.45, 7) is 13.2. The molecular weight excluding hydrogens is 390 g/mol. The van der Waals surface area contributed by atoms with Crippen LogP contribution in [0.4, 0.5) is 10.6 Å². The highest BCUT2D eigenvalue weighted by Crippen LogP contribution is 2.23. The SMILES string of the molecule is COC(=O)c1cc2ccn(COCC[Si](C)(C)C)c2nc1NC(=O)OC(C)(C)C. The van der Waals surface area contributed by atoms with Gasteiger partial charge in [0.05, 0.1) is 7.11 Å². The van der Waals surface area contributed by atoms with Gasteiger partial charge in [-0.15, -0.1) is 0 Å². The Hall–Kier alpha value is -2.39. The van der Waals surface area contributed by atoms with Crippen LogP contribution in [-0.2, 0) is 20.9 Å². The van der Waals surface area contributed by atoms with E-state index in [2.05, 4.69) is 29.9 Å². The molecule has 0 saturated carbocycles. The summed E-state index contributed by atoms with van der Waals surface area (Å²) in [6.07, 6.45) is 1.14. The van der Waals surface area contributed by atoms with E-state index in [0.717, 1.165) is 11.4 Å². The van der Waals surface area contributed by atoms with Crippen molar-refractivity contribution in [2.45, 2.75) is 58.8 Å². The smallest absolute Gasteiger partial charge is 0.413 e. The van der Waals surface area contributed by atoms with E-state index in [-0.39, 0.29) is 11.4 Å². The van der Waals surface area contributed by atoms with Gasteiger partial charge in [0.25, 0.3) is 0 Å². The number of fused-ring (bicyclic) bond motifs is 1. The van der Waals surface area contributed by atoms with E-state index in [4.69, 9.17) is 14.2 Å². The second-order valence-electron chi connectivity index (χ2n) is 9.05. The number of aromatic nitrogens is 2. The topological polar surface area (TPSA) is 91.7 Å². The third-order valence-electron chi connectivity index (χ3n) is 3.99. The molecule has 2 aromatic rings. The molecule has 2 aromatic heterocycles. The van der Waals surface area contributed by atoms with E-state index in [1.54, 1.807) is 26.8 Å². The van der Waals surface area contributed by atoms with Crippen molar-refractivity contribution in [3.8, 4) is 0 Å². The van der Waals surface area contributed by atoms with Gasteiger partial charge in [-0.05, 0) is 38.9 Å². The molecule has 1 amide bonds. The summed E-state index contributed by atoms with van der Waals surface area (Å²) in [5.74, 6) is -0.509. The van der Waals surface area contributed by atoms with Gasteiger partial charge in [0.1, 0.15) is 23.5 Å². The Morgan fingerprint density at radius 1 is 1.24 bits per heavy atom. The van der Waals surface area contributed by atoms with Gasteiger partial charge >= 0.3 is 12.1 Å². The number of carbonyl (C=O) groups excluding carboxylic acids is 2. The van der Waals surface area contributed by atoms with Crippen molar-refractivity contribution in [2.24, 2.45) is 0 Å². The molecule has 0 aliphatic carbocycles. The predicted octanol–water partition coefficient (Wildman–Crippen LogP) is 4.48. The van der Waals surface area contributed by atoms with Crippen molar-refractivity contribution >= 4 is 37.0 Å². The van der Waals surface area contributed by atoms with Gasteiger partial charge in [-0.1, -0.05) is 19.6 Å². The summed E-state index contributed by atoms with van der Waals surface area (Å²) in [4.78, 5) is 28.9. The zero-order valence-electron chi connectivity index (χ0n) is 18.3. The maximum Gasteiger partial charge on any atom is 0.413 e. The molecule has 0 aliphatic heterocycles. The van der Waals surface area contributed by atoms with Gasteiger partial charge in [-0.25, -0.2) is 14.6 Å². The molecule has 0 unspecified atom stereocenters. The first-order valence-electron chi connectivity index (χ1n) is 9.55. The number of ether oxygens (including phenoxy) is 3. The minimum Gasteiger partial charge on any atom is -0.465 e. The van der Waals surface area contributed by atoms with E-state index in [0.29, 0.717) is 19.0 Å². The van der Waals surface area contributed by atoms with E-state index < -0.39 is 25.7 Å². The van der Waals surface area contributed by atoms with E-state index >= 15 is 0 Å². The summed E-state index contributed by atoms with van der Waals surface area (Å²) in [5.41, 5.74) is 0.0734. The van der Waals surface area contributed by atoms with Gasteiger partial charge in [0.2, 0.25) is 0 Å². The molecule has 29 heavy (non-hydrogen) atoms. The number of pyridine rings is 1. The molecule has 2 rings (SSSR count). The Kier molecular flexibility index (Phi) is 7.07. The van der Waals surface area contributed by atoms with Crippen LogP contribution in [0.15, 0.2) is 18.3 Å². The second kappa shape index (κ2) is 8.96. The van der Waals surface area contributed by atoms with Gasteiger partial charge in [-0.2, -0.15) is 0 Å². The van der Waals surface area contributed by atoms with Gasteiger partial charge in [-0.3, -0.25) is 5.32 Å². The number of nitrogens with zero attached hydrogens (tertiary/aromatic N) is 2. The highest BCUT2D eigenvalue weighted by molar-refractivity contribution is 6.76. The monoisotopic (exact) mass is 421 g/mol. The molecule has 8 nitrogen and oxygen atoms in total. The number of hydrogen-bond acceptors (Lipinski definition) is 6. The highest BCUT2D eigenvalue weighted by atomic mass is 28.3. The summed E-state index contributed by atoms with van der Waals surface area (Å²) < 4.78 is 17.7. The zero-order chi connectivity index (χ0) is 21.8. The van der Waals surface area contributed by atoms with Crippen LogP contribution in [0.3, 0.4) is 0 Å². The molecule has 0 bridgehead atoms. The summed E-state index contributed by atoms with van der Waals surface area (Å²) in [7, 11) is 0.112. The van der Waals surface area contributed by atoms with Crippen molar-refractivity contribution in [1.29, 1.82) is 0 Å². The number of anilines is 1. The molecule has 9 heteroatoms. The Balaban J connectivity index is 2.27. The van der Waals surface area contributed by atoms with Gasteiger partial charge in [0, 0.05) is 26.3 Å². The normalized spacial score (nSPS) is 12.1. The van der Waals surface area contributed by atoms with Crippen LogP contribution in [-0.4, -0.2) is 49.0 Å². The largest absolute Gasteiger partial charge is 0.465 e. The fourth-order valence-corrected chi connectivity index (χ4v) is 3.28. The molecule has 0 radical (unpaired) electrons. The molecule has 160 valence electrons. The first kappa shape index (κ1) is 22.9. The number of rotatable bonds is 7. The fraction of sp³-hybridized carbons (Fsp3) is 0.550. The van der Waals surface area contributed by atoms with Crippen molar-refractivity contribution in [1.82, 2.24) is 9.55 Å². The molecule has 0 saturated heterocycles. The number of hydrogen-bond donors (Lipinski definition) is 1. The third-order valence-corrected chi connectivity index (χ3v) is 5.69. The lowest BCUT2D eigenvalue weighted by molar-refractivity contribution is 0.0601. The van der Waals surface area contributed by atoms with Crippen LogP contribution in [0.1, 0.15) is 31.1 Å². The number of methoxy groups -OCH3 is 1. The molecule has 1 N–H and O–H groups in total. The maximum absolute atomic E-state index is 12.2. The van der Waals surface area contributed by atoms with Gasteiger partial charge in [0.15, 0.2) is 5.82 Å². The Labute approximate surface area is 172 Å². The molecular formula is C20H31N3O5Si. The first-order chi connectivity index (χ1) is 13.4.